The lowest BCUT2D eigenvalue weighted by Crippen LogP contribution is -2.40. The molecule has 1 rings (SSSR count). The quantitative estimate of drug-likeness (QED) is 0.288. The molecule has 0 atom stereocenters. The molecule has 1 saturated carbocycles. The highest BCUT2D eigenvalue weighted by Gasteiger charge is 2.31. The van der Waals surface area contributed by atoms with Crippen molar-refractivity contribution in [2.24, 2.45) is 16.8 Å². The highest BCUT2D eigenvalue weighted by Crippen LogP contribution is 2.31. The number of hydrogen-bond donors (Lipinski definition) is 2. The van der Waals surface area contributed by atoms with Crippen LogP contribution in [0.1, 0.15) is 19.8 Å². The Hall–Kier alpha value is -0.820. The van der Waals surface area contributed by atoms with Crippen molar-refractivity contribution in [3.8, 4) is 0 Å². The van der Waals surface area contributed by atoms with Crippen LogP contribution in [-0.4, -0.2) is 42.6 Å². The first-order valence-corrected chi connectivity index (χ1v) is 6.54. The summed E-state index contributed by atoms with van der Waals surface area (Å²) in [6.45, 7) is 2.03. The topological polar surface area (TPSA) is 96.0 Å². The standard InChI is InChI=1S/C8H17N3O3S/c1-2-11(5-8(9)10-12)15(13,14)6-7-3-4-7/h7,12H,2-6H2,1H3,(H2,9,10). The van der Waals surface area contributed by atoms with Gasteiger partial charge in [-0.05, 0) is 18.8 Å². The number of rotatable bonds is 6. The van der Waals surface area contributed by atoms with Gasteiger partial charge in [0, 0.05) is 6.54 Å². The normalized spacial score (nSPS) is 18.4. The summed E-state index contributed by atoms with van der Waals surface area (Å²) in [6, 6.07) is 0. The van der Waals surface area contributed by atoms with Gasteiger partial charge in [-0.2, -0.15) is 4.31 Å². The summed E-state index contributed by atoms with van der Waals surface area (Å²) < 4.78 is 24.8. The van der Waals surface area contributed by atoms with Crippen LogP contribution in [0.5, 0.6) is 0 Å². The highest BCUT2D eigenvalue weighted by atomic mass is 32.2. The molecule has 0 spiro atoms. The Morgan fingerprint density at radius 1 is 1.60 bits per heavy atom. The molecular formula is C8H17N3O3S. The van der Waals surface area contributed by atoms with Crippen LogP contribution in [0.2, 0.25) is 0 Å². The molecular weight excluding hydrogens is 218 g/mol. The third-order valence-electron chi connectivity index (χ3n) is 2.36. The van der Waals surface area contributed by atoms with E-state index in [4.69, 9.17) is 10.9 Å². The monoisotopic (exact) mass is 235 g/mol. The minimum Gasteiger partial charge on any atom is -0.409 e. The highest BCUT2D eigenvalue weighted by molar-refractivity contribution is 7.89. The predicted octanol–water partition coefficient (Wildman–Crippen LogP) is -0.205. The van der Waals surface area contributed by atoms with Gasteiger partial charge < -0.3 is 10.9 Å². The van der Waals surface area contributed by atoms with Crippen molar-refractivity contribution in [3.05, 3.63) is 0 Å². The van der Waals surface area contributed by atoms with Crippen LogP contribution in [0.25, 0.3) is 0 Å². The molecule has 15 heavy (non-hydrogen) atoms. The van der Waals surface area contributed by atoms with Crippen molar-refractivity contribution in [1.82, 2.24) is 4.31 Å². The zero-order valence-electron chi connectivity index (χ0n) is 8.76. The molecule has 0 saturated heterocycles. The Morgan fingerprint density at radius 3 is 2.60 bits per heavy atom. The van der Waals surface area contributed by atoms with Crippen molar-refractivity contribution in [2.45, 2.75) is 19.8 Å². The Balaban J connectivity index is 2.62. The van der Waals surface area contributed by atoms with E-state index in [1.807, 2.05) is 0 Å². The van der Waals surface area contributed by atoms with Gasteiger partial charge in [-0.25, -0.2) is 8.42 Å². The third kappa shape index (κ3) is 3.67. The average Bonchev–Trinajstić information content (AvgIpc) is 2.96. The van der Waals surface area contributed by atoms with Gasteiger partial charge in [0.1, 0.15) is 0 Å². The van der Waals surface area contributed by atoms with Gasteiger partial charge in [0.25, 0.3) is 0 Å². The van der Waals surface area contributed by atoms with Crippen LogP contribution in [0, 0.1) is 5.92 Å². The number of hydrogen-bond acceptors (Lipinski definition) is 4. The third-order valence-corrected chi connectivity index (χ3v) is 4.42. The average molecular weight is 235 g/mol. The Kier molecular flexibility index (Phi) is 3.92. The lowest BCUT2D eigenvalue weighted by molar-refractivity contribution is 0.315. The fourth-order valence-corrected chi connectivity index (χ4v) is 3.17. The Morgan fingerprint density at radius 2 is 2.20 bits per heavy atom. The smallest absolute Gasteiger partial charge is 0.214 e. The summed E-state index contributed by atoms with van der Waals surface area (Å²) in [7, 11) is -3.25. The molecule has 0 unspecified atom stereocenters. The fraction of sp³-hybridized carbons (Fsp3) is 0.875. The molecule has 0 radical (unpaired) electrons. The minimum absolute atomic E-state index is 0.0396. The van der Waals surface area contributed by atoms with Crippen LogP contribution in [0.4, 0.5) is 0 Å². The van der Waals surface area contributed by atoms with Gasteiger partial charge in [0.2, 0.25) is 10.0 Å². The molecule has 0 aromatic rings. The number of nitrogens with two attached hydrogens (primary N) is 1. The summed E-state index contributed by atoms with van der Waals surface area (Å²) >= 11 is 0. The zero-order chi connectivity index (χ0) is 11.5. The van der Waals surface area contributed by atoms with E-state index in [1.54, 1.807) is 6.92 Å². The molecule has 7 heteroatoms. The minimum atomic E-state index is -3.25. The molecule has 0 aromatic carbocycles. The maximum Gasteiger partial charge on any atom is 0.214 e. The van der Waals surface area contributed by atoms with Crippen molar-refractivity contribution in [1.29, 1.82) is 0 Å². The van der Waals surface area contributed by atoms with E-state index < -0.39 is 10.0 Å². The van der Waals surface area contributed by atoms with Crippen LogP contribution < -0.4 is 5.73 Å². The lowest BCUT2D eigenvalue weighted by Gasteiger charge is -2.19. The maximum atomic E-state index is 11.8. The number of oxime groups is 1. The summed E-state index contributed by atoms with van der Waals surface area (Å²) in [4.78, 5) is 0. The van der Waals surface area contributed by atoms with E-state index in [0.29, 0.717) is 12.5 Å². The van der Waals surface area contributed by atoms with Gasteiger partial charge in [-0.3, -0.25) is 0 Å². The summed E-state index contributed by atoms with van der Waals surface area (Å²) in [5.41, 5.74) is 5.29. The molecule has 0 amide bonds. The van der Waals surface area contributed by atoms with Crippen LogP contribution in [0.15, 0.2) is 5.16 Å². The molecule has 0 heterocycles. The second-order valence-corrected chi connectivity index (χ2v) is 5.75. The number of likely N-dealkylation sites (N-methyl/N-ethyl adjacent to an activating group) is 1. The van der Waals surface area contributed by atoms with Crippen molar-refractivity contribution in [2.75, 3.05) is 18.8 Å². The van der Waals surface area contributed by atoms with E-state index in [0.717, 1.165) is 12.8 Å². The molecule has 88 valence electrons. The maximum absolute atomic E-state index is 11.8. The molecule has 0 aromatic heterocycles. The molecule has 0 bridgehead atoms. The second kappa shape index (κ2) is 4.80. The molecule has 0 aliphatic heterocycles. The lowest BCUT2D eigenvalue weighted by atomic mass is 10.5. The molecule has 1 fully saturated rings. The SMILES string of the molecule is CCN(CC(N)=NO)S(=O)(=O)CC1CC1. The largest absolute Gasteiger partial charge is 0.409 e. The van der Waals surface area contributed by atoms with Gasteiger partial charge in [0.05, 0.1) is 12.3 Å². The van der Waals surface area contributed by atoms with Gasteiger partial charge in [0.15, 0.2) is 5.84 Å². The fourth-order valence-electron chi connectivity index (χ4n) is 1.31. The van der Waals surface area contributed by atoms with Crippen LogP contribution >= 0.6 is 0 Å². The molecule has 3 N–H and O–H groups in total. The number of amidine groups is 1. The molecule has 1 aliphatic carbocycles. The van der Waals surface area contributed by atoms with Crippen LogP contribution in [0.3, 0.4) is 0 Å². The van der Waals surface area contributed by atoms with E-state index in [9.17, 15) is 8.42 Å². The number of nitrogens with zero attached hydrogens (tertiary/aromatic N) is 2. The summed E-state index contributed by atoms with van der Waals surface area (Å²) in [5.74, 6) is 0.395. The second-order valence-electron chi connectivity index (χ2n) is 3.74. The molecule has 1 aliphatic rings. The predicted molar refractivity (Wildman–Crippen MR) is 57.2 cm³/mol. The van der Waals surface area contributed by atoms with E-state index in [2.05, 4.69) is 5.16 Å². The number of sulfonamides is 1. The van der Waals surface area contributed by atoms with Crippen molar-refractivity contribution >= 4 is 15.9 Å². The van der Waals surface area contributed by atoms with Gasteiger partial charge in [-0.1, -0.05) is 12.1 Å². The first kappa shape index (κ1) is 12.3. The van der Waals surface area contributed by atoms with E-state index in [-0.39, 0.29) is 18.1 Å². The first-order chi connectivity index (χ1) is 6.99. The van der Waals surface area contributed by atoms with Gasteiger partial charge in [-0.15, -0.1) is 0 Å². The zero-order valence-corrected chi connectivity index (χ0v) is 9.57. The van der Waals surface area contributed by atoms with Gasteiger partial charge >= 0.3 is 0 Å². The Labute approximate surface area is 89.8 Å². The van der Waals surface area contributed by atoms with Crippen molar-refractivity contribution in [3.63, 3.8) is 0 Å². The Bertz CT molecular complexity index is 335. The summed E-state index contributed by atoms with van der Waals surface area (Å²) in [5, 5.41) is 11.2. The van der Waals surface area contributed by atoms with E-state index in [1.165, 1.54) is 4.31 Å². The summed E-state index contributed by atoms with van der Waals surface area (Å²) in [6.07, 6.45) is 1.97. The first-order valence-electron chi connectivity index (χ1n) is 4.93. The molecule has 6 nitrogen and oxygen atoms in total. The van der Waals surface area contributed by atoms with Crippen LogP contribution in [-0.2, 0) is 10.0 Å². The van der Waals surface area contributed by atoms with Crippen molar-refractivity contribution < 1.29 is 13.6 Å². The van der Waals surface area contributed by atoms with E-state index >= 15 is 0 Å².